The molecule has 4 unspecified atom stereocenters. The Morgan fingerprint density at radius 2 is 1.31 bits per heavy atom. The van der Waals surface area contributed by atoms with Gasteiger partial charge >= 0.3 is 5.97 Å². The summed E-state index contributed by atoms with van der Waals surface area (Å²) in [5, 5.41) is 33.3. The van der Waals surface area contributed by atoms with E-state index < -0.39 is 36.2 Å². The summed E-state index contributed by atoms with van der Waals surface area (Å²) in [7, 11) is 0. The van der Waals surface area contributed by atoms with Crippen LogP contribution in [0.15, 0.2) is 0 Å². The number of aliphatic hydroxyl groups excluding tert-OH is 2. The van der Waals surface area contributed by atoms with Crippen molar-refractivity contribution in [1.82, 2.24) is 10.6 Å². The first-order valence-electron chi connectivity index (χ1n) is 10.9. The van der Waals surface area contributed by atoms with Crippen molar-refractivity contribution in [2.24, 2.45) is 0 Å². The Hall–Kier alpha value is -1.67. The predicted octanol–water partition coefficient (Wildman–Crippen LogP) is 2.11. The Balaban J connectivity index is 4.37. The van der Waals surface area contributed by atoms with E-state index in [4.69, 9.17) is 5.11 Å². The number of carboxylic acids is 1. The van der Waals surface area contributed by atoms with Gasteiger partial charge in [0.05, 0.1) is 12.2 Å². The van der Waals surface area contributed by atoms with Crippen LogP contribution in [0.5, 0.6) is 0 Å². The molecule has 0 aromatic carbocycles. The molecule has 170 valence electrons. The summed E-state index contributed by atoms with van der Waals surface area (Å²) in [4.78, 5) is 35.7. The number of unbranched alkanes of at least 4 members (excludes halogenated alkanes) is 8. The quantitative estimate of drug-likeness (QED) is 0.230. The molecule has 0 aliphatic heterocycles. The summed E-state index contributed by atoms with van der Waals surface area (Å²) < 4.78 is 0. The van der Waals surface area contributed by atoms with Crippen LogP contribution in [0.3, 0.4) is 0 Å². The van der Waals surface area contributed by atoms with Crippen LogP contribution in [0.2, 0.25) is 0 Å². The Labute approximate surface area is 174 Å². The zero-order chi connectivity index (χ0) is 22.2. The van der Waals surface area contributed by atoms with Gasteiger partial charge in [-0.3, -0.25) is 9.59 Å². The van der Waals surface area contributed by atoms with Gasteiger partial charge in [-0.2, -0.15) is 0 Å². The van der Waals surface area contributed by atoms with Gasteiger partial charge in [-0.25, -0.2) is 4.79 Å². The van der Waals surface area contributed by atoms with E-state index in [9.17, 15) is 24.6 Å². The van der Waals surface area contributed by atoms with Gasteiger partial charge in [0.2, 0.25) is 11.8 Å². The van der Waals surface area contributed by atoms with Gasteiger partial charge in [-0.1, -0.05) is 65.2 Å². The Bertz CT molecular complexity index is 484. The molecule has 0 fully saturated rings. The zero-order valence-corrected chi connectivity index (χ0v) is 18.2. The monoisotopic (exact) mass is 416 g/mol. The van der Waals surface area contributed by atoms with E-state index in [1.54, 1.807) is 6.92 Å². The molecule has 0 aromatic heterocycles. The lowest BCUT2D eigenvalue weighted by Crippen LogP contribution is -2.58. The number of carboxylic acid groups (broad SMARTS) is 1. The molecular weight excluding hydrogens is 376 g/mol. The van der Waals surface area contributed by atoms with Crippen LogP contribution >= 0.6 is 0 Å². The van der Waals surface area contributed by atoms with Gasteiger partial charge in [-0.15, -0.1) is 0 Å². The number of hydrogen-bond acceptors (Lipinski definition) is 5. The zero-order valence-electron chi connectivity index (χ0n) is 18.2. The number of rotatable bonds is 17. The minimum Gasteiger partial charge on any atom is -0.480 e. The molecule has 4 atom stereocenters. The minimum absolute atomic E-state index is 0.211. The topological polar surface area (TPSA) is 136 Å². The second-order valence-corrected chi connectivity index (χ2v) is 7.66. The van der Waals surface area contributed by atoms with Crippen LogP contribution in [0.25, 0.3) is 0 Å². The molecular formula is C21H40N2O6. The third-order valence-corrected chi connectivity index (χ3v) is 4.96. The molecule has 0 heterocycles. The average molecular weight is 417 g/mol. The molecule has 5 N–H and O–H groups in total. The van der Waals surface area contributed by atoms with E-state index in [1.165, 1.54) is 39.0 Å². The van der Waals surface area contributed by atoms with Crippen LogP contribution in [-0.4, -0.2) is 57.4 Å². The van der Waals surface area contributed by atoms with Crippen LogP contribution in [0.1, 0.15) is 91.4 Å². The van der Waals surface area contributed by atoms with Gasteiger partial charge in [0.15, 0.2) is 6.04 Å². The van der Waals surface area contributed by atoms with Crippen molar-refractivity contribution >= 4 is 17.8 Å². The number of aliphatic hydroxyl groups is 2. The minimum atomic E-state index is -1.51. The normalized spacial score (nSPS) is 15.2. The highest BCUT2D eigenvalue weighted by molar-refractivity contribution is 5.91. The van der Waals surface area contributed by atoms with E-state index in [2.05, 4.69) is 17.6 Å². The summed E-state index contributed by atoms with van der Waals surface area (Å²) in [6.07, 6.45) is 8.10. The van der Waals surface area contributed by atoms with Crippen molar-refractivity contribution in [2.45, 2.75) is 116 Å². The number of carbonyl (C=O) groups is 3. The van der Waals surface area contributed by atoms with E-state index in [-0.39, 0.29) is 18.7 Å². The van der Waals surface area contributed by atoms with Gasteiger partial charge < -0.3 is 26.0 Å². The Morgan fingerprint density at radius 3 is 1.76 bits per heavy atom. The first-order valence-corrected chi connectivity index (χ1v) is 10.9. The van der Waals surface area contributed by atoms with Crippen LogP contribution in [0.4, 0.5) is 0 Å². The largest absolute Gasteiger partial charge is 0.480 e. The van der Waals surface area contributed by atoms with Crippen LogP contribution in [-0.2, 0) is 14.4 Å². The summed E-state index contributed by atoms with van der Waals surface area (Å²) in [6.45, 7) is 5.09. The van der Waals surface area contributed by atoms with E-state index in [1.807, 2.05) is 0 Å². The van der Waals surface area contributed by atoms with Crippen molar-refractivity contribution in [3.8, 4) is 0 Å². The first-order chi connectivity index (χ1) is 13.7. The average Bonchev–Trinajstić information content (AvgIpc) is 2.67. The standard InChI is InChI=1S/C21H40N2O6/c1-4-6-7-8-9-10-11-12-13-14-17(26)22-19(16(25)5-2)20(27)23-18(15(3)24)21(28)29/h15-16,18-19,24-25H,4-14H2,1-3H3,(H,22,26)(H,23,27)(H,28,29). The summed E-state index contributed by atoms with van der Waals surface area (Å²) in [6, 6.07) is -2.77. The fourth-order valence-electron chi connectivity index (χ4n) is 3.05. The molecule has 0 bridgehead atoms. The molecule has 8 nitrogen and oxygen atoms in total. The van der Waals surface area contributed by atoms with Crippen molar-refractivity contribution in [2.75, 3.05) is 0 Å². The Morgan fingerprint density at radius 1 is 0.793 bits per heavy atom. The number of nitrogens with one attached hydrogen (secondary N) is 2. The van der Waals surface area contributed by atoms with Gasteiger partial charge in [0, 0.05) is 6.42 Å². The van der Waals surface area contributed by atoms with Crippen molar-refractivity contribution in [3.63, 3.8) is 0 Å². The number of hydrogen-bond donors (Lipinski definition) is 5. The lowest BCUT2D eigenvalue weighted by Gasteiger charge is -2.25. The molecule has 29 heavy (non-hydrogen) atoms. The first kappa shape index (κ1) is 27.3. The van der Waals surface area contributed by atoms with Gasteiger partial charge in [0.25, 0.3) is 0 Å². The predicted molar refractivity (Wildman–Crippen MR) is 111 cm³/mol. The van der Waals surface area contributed by atoms with E-state index >= 15 is 0 Å². The summed E-state index contributed by atoms with van der Waals surface area (Å²) in [5.74, 6) is -2.57. The molecule has 0 spiro atoms. The van der Waals surface area contributed by atoms with Crippen LogP contribution in [0, 0.1) is 0 Å². The molecule has 0 rings (SSSR count). The molecule has 0 saturated carbocycles. The maximum atomic E-state index is 12.4. The van der Waals surface area contributed by atoms with Crippen LogP contribution < -0.4 is 10.6 Å². The summed E-state index contributed by atoms with van der Waals surface area (Å²) in [5.41, 5.74) is 0. The molecule has 2 amide bonds. The third-order valence-electron chi connectivity index (χ3n) is 4.96. The van der Waals surface area contributed by atoms with E-state index in [0.29, 0.717) is 6.42 Å². The van der Waals surface area contributed by atoms with Gasteiger partial charge in [0.1, 0.15) is 6.04 Å². The maximum absolute atomic E-state index is 12.4. The van der Waals surface area contributed by atoms with Crippen molar-refractivity contribution < 1.29 is 29.7 Å². The number of aliphatic carboxylic acids is 1. The SMILES string of the molecule is CCCCCCCCCCCC(=O)NC(C(=O)NC(C(=O)O)C(C)O)C(O)CC. The second kappa shape index (κ2) is 16.2. The van der Waals surface area contributed by atoms with Crippen molar-refractivity contribution in [3.05, 3.63) is 0 Å². The molecule has 0 aliphatic rings. The number of carbonyl (C=O) groups excluding carboxylic acids is 2. The maximum Gasteiger partial charge on any atom is 0.328 e. The molecule has 0 radical (unpaired) electrons. The fraction of sp³-hybridized carbons (Fsp3) is 0.857. The highest BCUT2D eigenvalue weighted by Gasteiger charge is 2.32. The Kier molecular flexibility index (Phi) is 15.2. The van der Waals surface area contributed by atoms with Gasteiger partial charge in [-0.05, 0) is 19.8 Å². The molecule has 8 heteroatoms. The lowest BCUT2D eigenvalue weighted by molar-refractivity contribution is -0.145. The second-order valence-electron chi connectivity index (χ2n) is 7.66. The smallest absolute Gasteiger partial charge is 0.328 e. The fourth-order valence-corrected chi connectivity index (χ4v) is 3.05. The highest BCUT2D eigenvalue weighted by Crippen LogP contribution is 2.11. The molecule has 0 aliphatic carbocycles. The molecule has 0 aromatic rings. The molecule has 0 saturated heterocycles. The number of amides is 2. The van der Waals surface area contributed by atoms with Crippen molar-refractivity contribution in [1.29, 1.82) is 0 Å². The lowest BCUT2D eigenvalue weighted by atomic mass is 10.0. The van der Waals surface area contributed by atoms with E-state index in [0.717, 1.165) is 19.3 Å². The summed E-state index contributed by atoms with van der Waals surface area (Å²) >= 11 is 0. The highest BCUT2D eigenvalue weighted by atomic mass is 16.4. The third kappa shape index (κ3) is 12.5.